The molecule has 4 rings (SSSR count). The predicted octanol–water partition coefficient (Wildman–Crippen LogP) is 2.76. The number of rotatable bonds is 5. The van der Waals surface area contributed by atoms with Gasteiger partial charge in [-0.25, -0.2) is 0 Å². The number of fused-ring (bicyclic) bond motifs is 2. The summed E-state index contributed by atoms with van der Waals surface area (Å²) in [5, 5.41) is 3.18. The second-order valence-corrected chi connectivity index (χ2v) is 8.42. The predicted molar refractivity (Wildman–Crippen MR) is 106 cm³/mol. The molecular formula is C21H23N3O2S. The molecule has 0 spiro atoms. The molecule has 2 fully saturated rings. The van der Waals surface area contributed by atoms with Crippen LogP contribution in [0.2, 0.25) is 0 Å². The molecule has 3 N–H and O–H groups in total. The minimum Gasteiger partial charge on any atom is -0.366 e. The molecule has 3 unspecified atom stereocenters. The van der Waals surface area contributed by atoms with E-state index in [-0.39, 0.29) is 11.9 Å². The standard InChI is InChI=1S/C21H23N3O2S/c22-20(25)18-3-1-2-4-19(18)27-17-7-5-15(6-8-17)21(26)23-16-11-14-9-10-24(12-14)13-16/h1-8,14,16H,9-13H2,(H2,22,25)(H,23,26). The first-order valence-electron chi connectivity index (χ1n) is 9.28. The Labute approximate surface area is 163 Å². The summed E-state index contributed by atoms with van der Waals surface area (Å²) in [5.41, 5.74) is 6.60. The maximum Gasteiger partial charge on any atom is 0.251 e. The molecule has 2 amide bonds. The molecule has 140 valence electrons. The highest BCUT2D eigenvalue weighted by molar-refractivity contribution is 7.99. The van der Waals surface area contributed by atoms with Gasteiger partial charge < -0.3 is 16.0 Å². The van der Waals surface area contributed by atoms with Crippen LogP contribution in [0.4, 0.5) is 0 Å². The van der Waals surface area contributed by atoms with Crippen molar-refractivity contribution >= 4 is 23.6 Å². The SMILES string of the molecule is NC(=O)c1ccccc1Sc1ccc(C(=O)NC2CC3CCN(C3)C2)cc1. The van der Waals surface area contributed by atoms with Crippen LogP contribution in [0.25, 0.3) is 0 Å². The fraction of sp³-hybridized carbons (Fsp3) is 0.333. The number of hydrogen-bond acceptors (Lipinski definition) is 4. The van der Waals surface area contributed by atoms with Gasteiger partial charge >= 0.3 is 0 Å². The van der Waals surface area contributed by atoms with Gasteiger partial charge in [-0.1, -0.05) is 23.9 Å². The molecule has 2 aliphatic rings. The quantitative estimate of drug-likeness (QED) is 0.835. The topological polar surface area (TPSA) is 75.4 Å². The van der Waals surface area contributed by atoms with E-state index in [0.717, 1.165) is 35.2 Å². The van der Waals surface area contributed by atoms with E-state index >= 15 is 0 Å². The number of hydrogen-bond donors (Lipinski definition) is 2. The molecule has 3 atom stereocenters. The Morgan fingerprint density at radius 3 is 2.59 bits per heavy atom. The first-order valence-corrected chi connectivity index (χ1v) is 10.1. The Morgan fingerprint density at radius 2 is 1.85 bits per heavy atom. The van der Waals surface area contributed by atoms with E-state index in [2.05, 4.69) is 10.2 Å². The Morgan fingerprint density at radius 1 is 1.07 bits per heavy atom. The lowest BCUT2D eigenvalue weighted by Crippen LogP contribution is -2.47. The Hall–Kier alpha value is -2.31. The normalized spacial score (nSPS) is 23.8. The Kier molecular flexibility index (Phi) is 5.18. The number of piperidine rings is 1. The molecule has 27 heavy (non-hydrogen) atoms. The van der Waals surface area contributed by atoms with Gasteiger partial charge in [0.05, 0.1) is 5.56 Å². The van der Waals surface area contributed by atoms with E-state index in [0.29, 0.717) is 11.1 Å². The summed E-state index contributed by atoms with van der Waals surface area (Å²) < 4.78 is 0. The van der Waals surface area contributed by atoms with Gasteiger partial charge in [-0.3, -0.25) is 9.59 Å². The van der Waals surface area contributed by atoms with Crippen LogP contribution in [0, 0.1) is 5.92 Å². The van der Waals surface area contributed by atoms with E-state index in [1.807, 2.05) is 36.4 Å². The molecule has 5 nitrogen and oxygen atoms in total. The average molecular weight is 382 g/mol. The van der Waals surface area contributed by atoms with Crippen molar-refractivity contribution in [1.82, 2.24) is 10.2 Å². The average Bonchev–Trinajstić information content (AvgIpc) is 3.01. The monoisotopic (exact) mass is 381 g/mol. The number of nitrogens with two attached hydrogens (primary N) is 1. The third-order valence-electron chi connectivity index (χ3n) is 5.30. The zero-order valence-corrected chi connectivity index (χ0v) is 15.9. The van der Waals surface area contributed by atoms with E-state index in [4.69, 9.17) is 5.73 Å². The number of benzene rings is 2. The van der Waals surface area contributed by atoms with Crippen LogP contribution in [0.15, 0.2) is 58.3 Å². The van der Waals surface area contributed by atoms with E-state index in [9.17, 15) is 9.59 Å². The van der Waals surface area contributed by atoms with Gasteiger partial charge in [-0.15, -0.1) is 0 Å². The van der Waals surface area contributed by atoms with Crippen molar-refractivity contribution in [3.05, 3.63) is 59.7 Å². The molecule has 2 aromatic carbocycles. The van der Waals surface area contributed by atoms with Crippen molar-refractivity contribution in [1.29, 1.82) is 0 Å². The maximum absolute atomic E-state index is 12.6. The third kappa shape index (κ3) is 4.17. The van der Waals surface area contributed by atoms with Gasteiger partial charge in [0, 0.05) is 34.5 Å². The molecule has 0 aliphatic carbocycles. The summed E-state index contributed by atoms with van der Waals surface area (Å²) in [4.78, 5) is 28.3. The number of nitrogens with one attached hydrogen (secondary N) is 1. The van der Waals surface area contributed by atoms with Crippen molar-refractivity contribution in [3.63, 3.8) is 0 Å². The van der Waals surface area contributed by atoms with Crippen molar-refractivity contribution in [2.75, 3.05) is 19.6 Å². The van der Waals surface area contributed by atoms with Crippen molar-refractivity contribution in [3.8, 4) is 0 Å². The van der Waals surface area contributed by atoms with Crippen LogP contribution >= 0.6 is 11.8 Å². The largest absolute Gasteiger partial charge is 0.366 e. The van der Waals surface area contributed by atoms with Gasteiger partial charge in [-0.2, -0.15) is 0 Å². The summed E-state index contributed by atoms with van der Waals surface area (Å²) in [6, 6.07) is 15.0. The number of carbonyl (C=O) groups excluding carboxylic acids is 2. The molecule has 2 aromatic rings. The van der Waals surface area contributed by atoms with Gasteiger partial charge in [0.15, 0.2) is 0 Å². The second-order valence-electron chi connectivity index (χ2n) is 7.31. The molecule has 0 radical (unpaired) electrons. The number of primary amides is 1. The van der Waals surface area contributed by atoms with Gasteiger partial charge in [0.25, 0.3) is 5.91 Å². The highest BCUT2D eigenvalue weighted by Crippen LogP contribution is 2.31. The highest BCUT2D eigenvalue weighted by atomic mass is 32.2. The maximum atomic E-state index is 12.6. The van der Waals surface area contributed by atoms with Gasteiger partial charge in [0.2, 0.25) is 5.91 Å². The number of carbonyl (C=O) groups is 2. The van der Waals surface area contributed by atoms with Gasteiger partial charge in [-0.05, 0) is 61.7 Å². The van der Waals surface area contributed by atoms with Crippen molar-refractivity contribution < 1.29 is 9.59 Å². The molecule has 2 saturated heterocycles. The van der Waals surface area contributed by atoms with Crippen molar-refractivity contribution in [2.45, 2.75) is 28.7 Å². The van der Waals surface area contributed by atoms with Crippen LogP contribution < -0.4 is 11.1 Å². The molecule has 2 bridgehead atoms. The van der Waals surface area contributed by atoms with E-state index < -0.39 is 5.91 Å². The number of nitrogens with zero attached hydrogens (tertiary/aromatic N) is 1. The number of amides is 2. The zero-order valence-electron chi connectivity index (χ0n) is 15.1. The molecule has 0 saturated carbocycles. The minimum atomic E-state index is -0.439. The zero-order chi connectivity index (χ0) is 18.8. The molecule has 6 heteroatoms. The first-order chi connectivity index (χ1) is 13.1. The fourth-order valence-electron chi connectivity index (χ4n) is 3.99. The van der Waals surface area contributed by atoms with Crippen LogP contribution in [0.1, 0.15) is 33.6 Å². The van der Waals surface area contributed by atoms with Crippen LogP contribution in [-0.2, 0) is 0 Å². The third-order valence-corrected chi connectivity index (χ3v) is 6.38. The summed E-state index contributed by atoms with van der Waals surface area (Å²) in [7, 11) is 0. The lowest BCUT2D eigenvalue weighted by molar-refractivity contribution is 0.0908. The summed E-state index contributed by atoms with van der Waals surface area (Å²) >= 11 is 1.47. The Balaban J connectivity index is 1.40. The summed E-state index contributed by atoms with van der Waals surface area (Å²) in [6.45, 7) is 3.31. The molecular weight excluding hydrogens is 358 g/mol. The second kappa shape index (κ2) is 7.74. The van der Waals surface area contributed by atoms with Crippen LogP contribution in [0.3, 0.4) is 0 Å². The fourth-order valence-corrected chi connectivity index (χ4v) is 4.94. The first kappa shape index (κ1) is 18.1. The Bertz CT molecular complexity index is 841. The molecule has 2 heterocycles. The van der Waals surface area contributed by atoms with E-state index in [1.165, 1.54) is 24.7 Å². The minimum absolute atomic E-state index is 0.0170. The smallest absolute Gasteiger partial charge is 0.251 e. The molecule has 2 aliphatic heterocycles. The lowest BCUT2D eigenvalue weighted by Gasteiger charge is -2.30. The highest BCUT2D eigenvalue weighted by Gasteiger charge is 2.32. The lowest BCUT2D eigenvalue weighted by atomic mass is 9.96. The van der Waals surface area contributed by atoms with Crippen LogP contribution in [-0.4, -0.2) is 42.4 Å². The summed E-state index contributed by atoms with van der Waals surface area (Å²) in [6.07, 6.45) is 2.34. The molecule has 0 aromatic heterocycles. The van der Waals surface area contributed by atoms with Crippen molar-refractivity contribution in [2.24, 2.45) is 11.7 Å². The van der Waals surface area contributed by atoms with Crippen LogP contribution in [0.5, 0.6) is 0 Å². The van der Waals surface area contributed by atoms with E-state index in [1.54, 1.807) is 12.1 Å². The summed E-state index contributed by atoms with van der Waals surface area (Å²) in [5.74, 6) is 0.274. The van der Waals surface area contributed by atoms with Gasteiger partial charge in [0.1, 0.15) is 0 Å².